The molecule has 2 rings (SSSR count). The van der Waals surface area contributed by atoms with Crippen molar-refractivity contribution in [3.05, 3.63) is 59.6 Å². The van der Waals surface area contributed by atoms with Crippen molar-refractivity contribution in [2.75, 3.05) is 39.1 Å². The van der Waals surface area contributed by atoms with E-state index in [1.54, 1.807) is 24.1 Å². The molecule has 28 heavy (non-hydrogen) atoms. The number of nitrogens with one attached hydrogen (secondary N) is 1. The summed E-state index contributed by atoms with van der Waals surface area (Å²) >= 11 is 0. The lowest BCUT2D eigenvalue weighted by molar-refractivity contribution is -0.0495. The Labute approximate surface area is 165 Å². The average Bonchev–Trinajstić information content (AvgIpc) is 2.59. The number of ether oxygens (including phenoxy) is 1. The van der Waals surface area contributed by atoms with Gasteiger partial charge in [-0.15, -0.1) is 0 Å². The van der Waals surface area contributed by atoms with Gasteiger partial charge in [-0.3, -0.25) is 4.99 Å². The van der Waals surface area contributed by atoms with Crippen LogP contribution >= 0.6 is 0 Å². The number of hydrogen-bond donors (Lipinski definition) is 1. The lowest BCUT2D eigenvalue weighted by Gasteiger charge is -2.29. The smallest absolute Gasteiger partial charge is 0.387 e. The van der Waals surface area contributed by atoms with E-state index >= 15 is 0 Å². The van der Waals surface area contributed by atoms with Crippen LogP contribution in [0.2, 0.25) is 0 Å². The van der Waals surface area contributed by atoms with Gasteiger partial charge in [0.25, 0.3) is 0 Å². The minimum Gasteiger partial charge on any atom is -0.433 e. The monoisotopic (exact) mass is 390 g/mol. The van der Waals surface area contributed by atoms with E-state index in [1.807, 2.05) is 44.1 Å². The first kappa shape index (κ1) is 21.6. The van der Waals surface area contributed by atoms with E-state index in [2.05, 4.69) is 23.6 Å². The predicted molar refractivity (Wildman–Crippen MR) is 111 cm³/mol. The van der Waals surface area contributed by atoms with Crippen LogP contribution < -0.4 is 15.0 Å². The Morgan fingerprint density at radius 1 is 1.32 bits per heavy atom. The molecule has 0 radical (unpaired) electrons. The normalized spacial score (nSPS) is 15.2. The highest BCUT2D eigenvalue weighted by atomic mass is 19.3. The van der Waals surface area contributed by atoms with Gasteiger partial charge in [0.2, 0.25) is 0 Å². The van der Waals surface area contributed by atoms with E-state index in [-0.39, 0.29) is 5.75 Å². The lowest BCUT2D eigenvalue weighted by atomic mass is 9.93. The maximum Gasteiger partial charge on any atom is 0.387 e. The Balaban J connectivity index is 2.37. The molecular weight excluding hydrogens is 362 g/mol. The summed E-state index contributed by atoms with van der Waals surface area (Å²) in [5.74, 6) is 0.453. The molecule has 0 aromatic heterocycles. The van der Waals surface area contributed by atoms with Crippen LogP contribution in [0.1, 0.15) is 18.4 Å². The molecule has 0 aliphatic carbocycles. The quantitative estimate of drug-likeness (QED) is 0.512. The Kier molecular flexibility index (Phi) is 7.34. The van der Waals surface area contributed by atoms with Gasteiger partial charge < -0.3 is 19.9 Å². The minimum absolute atomic E-state index is 0.135. The maximum atomic E-state index is 13.0. The van der Waals surface area contributed by atoms with Crippen LogP contribution in [-0.2, 0) is 0 Å². The zero-order valence-corrected chi connectivity index (χ0v) is 16.9. The summed E-state index contributed by atoms with van der Waals surface area (Å²) in [5.41, 5.74) is 3.61. The van der Waals surface area contributed by atoms with Crippen molar-refractivity contribution in [2.24, 2.45) is 4.99 Å². The van der Waals surface area contributed by atoms with E-state index < -0.39 is 6.61 Å². The van der Waals surface area contributed by atoms with Crippen molar-refractivity contribution < 1.29 is 13.5 Å². The first-order valence-corrected chi connectivity index (χ1v) is 9.03. The number of alkyl halides is 2. The molecule has 0 saturated carbocycles. The Bertz CT molecular complexity index is 783. The van der Waals surface area contributed by atoms with Gasteiger partial charge in [-0.25, -0.2) is 0 Å². The number of benzene rings is 1. The van der Waals surface area contributed by atoms with Crippen LogP contribution in [0.5, 0.6) is 5.75 Å². The third-order valence-electron chi connectivity index (χ3n) is 4.74. The number of halogens is 2. The summed E-state index contributed by atoms with van der Waals surface area (Å²) in [6.07, 6.45) is 3.68. The van der Waals surface area contributed by atoms with Crippen LogP contribution in [0.3, 0.4) is 0 Å². The van der Waals surface area contributed by atoms with E-state index in [0.29, 0.717) is 23.0 Å². The lowest BCUT2D eigenvalue weighted by Crippen LogP contribution is -2.39. The summed E-state index contributed by atoms with van der Waals surface area (Å²) in [7, 11) is 5.54. The van der Waals surface area contributed by atoms with Crippen LogP contribution in [0.4, 0.5) is 14.5 Å². The third-order valence-corrected chi connectivity index (χ3v) is 4.74. The Hall–Kier alpha value is -2.67. The molecule has 0 unspecified atom stereocenters. The first-order valence-electron chi connectivity index (χ1n) is 9.03. The second-order valence-corrected chi connectivity index (χ2v) is 6.77. The highest BCUT2D eigenvalue weighted by Gasteiger charge is 2.22. The maximum absolute atomic E-state index is 13.0. The fourth-order valence-corrected chi connectivity index (χ4v) is 2.94. The van der Waals surface area contributed by atoms with Crippen LogP contribution in [0.25, 0.3) is 0 Å². The van der Waals surface area contributed by atoms with Crippen molar-refractivity contribution >= 4 is 12.4 Å². The number of nitrogens with zero attached hydrogens (tertiary/aromatic N) is 3. The number of rotatable bonds is 9. The van der Waals surface area contributed by atoms with Crippen molar-refractivity contribution in [2.45, 2.75) is 19.5 Å². The highest BCUT2D eigenvalue weighted by Crippen LogP contribution is 2.35. The molecule has 7 heteroatoms. The summed E-state index contributed by atoms with van der Waals surface area (Å²) in [4.78, 5) is 7.65. The number of likely N-dealkylation sites (N-methyl/N-ethyl adjacent to an activating group) is 2. The van der Waals surface area contributed by atoms with Crippen LogP contribution in [0.15, 0.2) is 59.0 Å². The molecule has 1 aromatic carbocycles. The second kappa shape index (κ2) is 9.50. The van der Waals surface area contributed by atoms with Crippen molar-refractivity contribution in [3.63, 3.8) is 0 Å². The summed E-state index contributed by atoms with van der Waals surface area (Å²) in [5, 5.41) is 3.18. The van der Waals surface area contributed by atoms with E-state index in [4.69, 9.17) is 4.74 Å². The van der Waals surface area contributed by atoms with Gasteiger partial charge in [0.1, 0.15) is 5.75 Å². The van der Waals surface area contributed by atoms with Gasteiger partial charge >= 0.3 is 6.61 Å². The summed E-state index contributed by atoms with van der Waals surface area (Å²) in [6, 6.07) is 5.43. The summed E-state index contributed by atoms with van der Waals surface area (Å²) in [6.45, 7) is 8.33. The minimum atomic E-state index is -2.90. The number of aliphatic imine (C=N–C) groups is 1. The van der Waals surface area contributed by atoms with Gasteiger partial charge in [-0.1, -0.05) is 18.7 Å². The summed E-state index contributed by atoms with van der Waals surface area (Å²) < 4.78 is 30.8. The molecule has 1 aliphatic rings. The molecule has 1 fully saturated rings. The molecule has 1 aromatic rings. The number of anilines is 1. The molecule has 1 aliphatic heterocycles. The van der Waals surface area contributed by atoms with E-state index in [1.165, 1.54) is 0 Å². The molecule has 0 atom stereocenters. The molecule has 1 N–H and O–H groups in total. The molecular formula is C21H28F2N4O. The van der Waals surface area contributed by atoms with Gasteiger partial charge in [-0.05, 0) is 37.4 Å². The molecule has 0 spiro atoms. The average molecular weight is 390 g/mol. The van der Waals surface area contributed by atoms with E-state index in [9.17, 15) is 8.78 Å². The van der Waals surface area contributed by atoms with Crippen molar-refractivity contribution in [1.82, 2.24) is 10.2 Å². The highest BCUT2D eigenvalue weighted by molar-refractivity contribution is 5.64. The zero-order chi connectivity index (χ0) is 20.8. The SMILES string of the molecule is C=NC(=C/C)/C(=C\C(=C)N(C)c1ccc(C2CNC2)cc1OC(F)F)N(C)C. The second-order valence-electron chi connectivity index (χ2n) is 6.77. The van der Waals surface area contributed by atoms with Gasteiger partial charge in [0, 0.05) is 45.8 Å². The van der Waals surface area contributed by atoms with Gasteiger partial charge in [0.15, 0.2) is 0 Å². The molecule has 0 amide bonds. The number of hydrogen-bond acceptors (Lipinski definition) is 5. The fraction of sp³-hybridized carbons (Fsp3) is 0.381. The van der Waals surface area contributed by atoms with Crippen LogP contribution in [0, 0.1) is 0 Å². The predicted octanol–water partition coefficient (Wildman–Crippen LogP) is 3.97. The molecule has 5 nitrogen and oxygen atoms in total. The van der Waals surface area contributed by atoms with Crippen molar-refractivity contribution in [3.8, 4) is 5.75 Å². The van der Waals surface area contributed by atoms with Gasteiger partial charge in [0.05, 0.1) is 17.1 Å². The first-order chi connectivity index (χ1) is 13.3. The van der Waals surface area contributed by atoms with Crippen molar-refractivity contribution in [1.29, 1.82) is 0 Å². The standard InChI is InChI=1S/C21H28F2N4O/c1-7-17(24-3)19(26(4)5)10-14(2)27(6)18-9-8-15(16-12-25-13-16)11-20(18)28-21(22)23/h7-11,16,21,25H,2-3,12-13H2,1,4-6H3/b17-7+,19-10+. The molecule has 152 valence electrons. The molecule has 1 heterocycles. The molecule has 1 saturated heterocycles. The third kappa shape index (κ3) is 4.98. The van der Waals surface area contributed by atoms with E-state index in [0.717, 1.165) is 24.4 Å². The largest absolute Gasteiger partial charge is 0.433 e. The zero-order valence-electron chi connectivity index (χ0n) is 16.9. The Morgan fingerprint density at radius 3 is 2.46 bits per heavy atom. The van der Waals surface area contributed by atoms with Gasteiger partial charge in [-0.2, -0.15) is 8.78 Å². The fourth-order valence-electron chi connectivity index (χ4n) is 2.94. The number of allylic oxidation sites excluding steroid dienone is 2. The topological polar surface area (TPSA) is 40.1 Å². The Morgan fingerprint density at radius 2 is 2.00 bits per heavy atom. The molecule has 0 bridgehead atoms. The van der Waals surface area contributed by atoms with Crippen LogP contribution in [-0.4, -0.2) is 52.5 Å².